The lowest BCUT2D eigenvalue weighted by molar-refractivity contribution is -0.0518. The molecule has 1 aromatic rings. The summed E-state index contributed by atoms with van der Waals surface area (Å²) in [6.45, 7) is 6.18. The zero-order valence-electron chi connectivity index (χ0n) is 12.9. The third-order valence-corrected chi connectivity index (χ3v) is 5.89. The van der Waals surface area contributed by atoms with Crippen molar-refractivity contribution >= 4 is 11.9 Å². The van der Waals surface area contributed by atoms with Crippen LogP contribution in [0.4, 0.5) is 5.69 Å². The number of hydrogen-bond donors (Lipinski definition) is 1. The molecule has 1 N–H and O–H groups in total. The number of aliphatic hydroxyl groups excluding tert-OH is 1. The minimum Gasteiger partial charge on any atom is -0.391 e. The van der Waals surface area contributed by atoms with Crippen molar-refractivity contribution in [2.75, 3.05) is 13.1 Å². The Labute approximate surface area is 132 Å². The molecular weight excluding hydrogens is 272 g/mol. The number of nitrogens with zero attached hydrogens (tertiary/aromatic N) is 2. The lowest BCUT2D eigenvalue weighted by Crippen LogP contribution is -2.58. The van der Waals surface area contributed by atoms with E-state index in [1.165, 1.54) is 12.0 Å². The number of hydrogen-bond acceptors (Lipinski definition) is 3. The number of fused-ring (bicyclic) bond motifs is 4. The minimum atomic E-state index is -0.304. The normalized spacial score (nSPS) is 37.6. The van der Waals surface area contributed by atoms with Gasteiger partial charge in [0.2, 0.25) is 0 Å². The molecule has 4 aliphatic rings. The summed E-state index contributed by atoms with van der Waals surface area (Å²) in [5, 5.41) is 11.1. The zero-order chi connectivity index (χ0) is 15.1. The van der Waals surface area contributed by atoms with Gasteiger partial charge in [0, 0.05) is 24.7 Å². The van der Waals surface area contributed by atoms with Crippen molar-refractivity contribution in [1.82, 2.24) is 4.90 Å². The van der Waals surface area contributed by atoms with Gasteiger partial charge in [-0.15, -0.1) is 6.58 Å². The fourth-order valence-corrected chi connectivity index (χ4v) is 4.63. The van der Waals surface area contributed by atoms with E-state index in [1.54, 1.807) is 0 Å². The van der Waals surface area contributed by atoms with Gasteiger partial charge in [0.1, 0.15) is 0 Å². The number of benzene rings is 1. The van der Waals surface area contributed by atoms with Gasteiger partial charge >= 0.3 is 0 Å². The van der Waals surface area contributed by atoms with Crippen molar-refractivity contribution in [1.29, 1.82) is 0 Å². The van der Waals surface area contributed by atoms with Gasteiger partial charge in [0.25, 0.3) is 0 Å². The second-order valence-electron chi connectivity index (χ2n) is 6.95. The average Bonchev–Trinajstić information content (AvgIpc) is 2.60. The largest absolute Gasteiger partial charge is 0.391 e. The highest BCUT2D eigenvalue weighted by atomic mass is 16.3. The maximum absolute atomic E-state index is 11.1. The number of rotatable bonds is 3. The van der Waals surface area contributed by atoms with Gasteiger partial charge in [0.15, 0.2) is 0 Å². The smallest absolute Gasteiger partial charge is 0.0768 e. The standard InChI is InChI=1S/C19H24N2O/c1-2-13-12-21-10-8-14(13)11-18(21)19(22)16-7-9-20-17-6-4-3-5-15(16)17/h2-6,9,13-14,16,18-19,22H,1,7-8,10-12H2. The number of aliphatic hydroxyl groups is 1. The van der Waals surface area contributed by atoms with Crippen LogP contribution in [0.3, 0.4) is 0 Å². The quantitative estimate of drug-likeness (QED) is 0.870. The van der Waals surface area contributed by atoms with Crippen LogP contribution in [0.2, 0.25) is 0 Å². The number of piperidine rings is 3. The first kappa shape index (κ1) is 14.2. The Morgan fingerprint density at radius 3 is 3.00 bits per heavy atom. The van der Waals surface area contributed by atoms with E-state index >= 15 is 0 Å². The topological polar surface area (TPSA) is 35.8 Å². The van der Waals surface area contributed by atoms with Crippen LogP contribution in [0, 0.1) is 11.8 Å². The third-order valence-electron chi connectivity index (χ3n) is 5.89. The lowest BCUT2D eigenvalue weighted by atomic mass is 9.71. The Morgan fingerprint density at radius 2 is 2.23 bits per heavy atom. The van der Waals surface area contributed by atoms with Gasteiger partial charge in [-0.25, -0.2) is 0 Å². The van der Waals surface area contributed by atoms with E-state index in [-0.39, 0.29) is 12.0 Å². The predicted molar refractivity (Wildman–Crippen MR) is 89.7 cm³/mol. The Bertz CT molecular complexity index is 597. The zero-order valence-corrected chi connectivity index (χ0v) is 12.9. The molecule has 0 saturated carbocycles. The van der Waals surface area contributed by atoms with Gasteiger partial charge in [-0.2, -0.15) is 0 Å². The van der Waals surface area contributed by atoms with Crippen molar-refractivity contribution in [3.8, 4) is 0 Å². The lowest BCUT2D eigenvalue weighted by Gasteiger charge is -2.51. The van der Waals surface area contributed by atoms with E-state index in [0.717, 1.165) is 31.6 Å². The molecule has 4 aliphatic heterocycles. The van der Waals surface area contributed by atoms with Gasteiger partial charge in [-0.05, 0) is 49.3 Å². The summed E-state index contributed by atoms with van der Waals surface area (Å²) in [5.74, 6) is 1.49. The molecule has 3 fully saturated rings. The summed E-state index contributed by atoms with van der Waals surface area (Å²) < 4.78 is 0. The molecule has 3 saturated heterocycles. The van der Waals surface area contributed by atoms with Gasteiger partial charge < -0.3 is 5.11 Å². The van der Waals surface area contributed by atoms with Crippen LogP contribution in [0.15, 0.2) is 41.9 Å². The number of aliphatic imine (C=N–C) groups is 1. The second kappa shape index (κ2) is 5.64. The van der Waals surface area contributed by atoms with Crippen LogP contribution in [-0.2, 0) is 0 Å². The average molecular weight is 296 g/mol. The molecule has 3 nitrogen and oxygen atoms in total. The Kier molecular flexibility index (Phi) is 3.63. The first-order valence-electron chi connectivity index (χ1n) is 8.44. The molecule has 6 atom stereocenters. The summed E-state index contributed by atoms with van der Waals surface area (Å²) in [6.07, 6.45) is 6.98. The first-order valence-corrected chi connectivity index (χ1v) is 8.44. The molecule has 0 aromatic heterocycles. The first-order chi connectivity index (χ1) is 10.8. The Hall–Kier alpha value is -1.45. The van der Waals surface area contributed by atoms with Crippen LogP contribution in [-0.4, -0.2) is 41.5 Å². The molecule has 3 heteroatoms. The monoisotopic (exact) mass is 296 g/mol. The van der Waals surface area contributed by atoms with Crippen molar-refractivity contribution in [3.05, 3.63) is 42.5 Å². The molecule has 0 aliphatic carbocycles. The molecule has 116 valence electrons. The van der Waals surface area contributed by atoms with E-state index in [9.17, 15) is 5.11 Å². The summed E-state index contributed by atoms with van der Waals surface area (Å²) in [7, 11) is 0. The van der Waals surface area contributed by atoms with Crippen LogP contribution >= 0.6 is 0 Å². The van der Waals surface area contributed by atoms with Gasteiger partial charge in [-0.1, -0.05) is 24.3 Å². The molecule has 5 rings (SSSR count). The van der Waals surface area contributed by atoms with E-state index in [0.29, 0.717) is 17.9 Å². The maximum atomic E-state index is 11.1. The molecule has 0 radical (unpaired) electrons. The van der Waals surface area contributed by atoms with E-state index in [1.807, 2.05) is 18.3 Å². The van der Waals surface area contributed by atoms with Gasteiger partial charge in [-0.3, -0.25) is 9.89 Å². The van der Waals surface area contributed by atoms with Crippen LogP contribution in [0.25, 0.3) is 0 Å². The fourth-order valence-electron chi connectivity index (χ4n) is 4.63. The van der Waals surface area contributed by atoms with Crippen LogP contribution < -0.4 is 0 Å². The third kappa shape index (κ3) is 2.24. The van der Waals surface area contributed by atoms with Crippen molar-refractivity contribution < 1.29 is 5.11 Å². The maximum Gasteiger partial charge on any atom is 0.0768 e. The molecule has 22 heavy (non-hydrogen) atoms. The van der Waals surface area contributed by atoms with E-state index in [2.05, 4.69) is 34.7 Å². The molecule has 6 unspecified atom stereocenters. The van der Waals surface area contributed by atoms with Crippen molar-refractivity contribution in [2.45, 2.75) is 37.3 Å². The molecule has 4 heterocycles. The number of para-hydroxylation sites is 1. The highest BCUT2D eigenvalue weighted by Gasteiger charge is 2.44. The van der Waals surface area contributed by atoms with E-state index in [4.69, 9.17) is 0 Å². The predicted octanol–water partition coefficient (Wildman–Crippen LogP) is 3.13. The van der Waals surface area contributed by atoms with Crippen molar-refractivity contribution in [3.63, 3.8) is 0 Å². The molecule has 0 spiro atoms. The summed E-state index contributed by atoms with van der Waals surface area (Å²) in [4.78, 5) is 6.97. The Morgan fingerprint density at radius 1 is 1.36 bits per heavy atom. The second-order valence-corrected chi connectivity index (χ2v) is 6.95. The SMILES string of the molecule is C=CC1CN2CCC1CC2C(O)C1CC=Nc2ccccc21. The fraction of sp³-hybridized carbons (Fsp3) is 0.526. The minimum absolute atomic E-state index is 0.181. The molecule has 1 aromatic carbocycles. The van der Waals surface area contributed by atoms with Crippen LogP contribution in [0.5, 0.6) is 0 Å². The highest BCUT2D eigenvalue weighted by Crippen LogP contribution is 2.42. The van der Waals surface area contributed by atoms with Gasteiger partial charge in [0.05, 0.1) is 11.8 Å². The summed E-state index contributed by atoms with van der Waals surface area (Å²) >= 11 is 0. The highest BCUT2D eigenvalue weighted by molar-refractivity contribution is 5.70. The molecule has 0 amide bonds. The summed E-state index contributed by atoms with van der Waals surface area (Å²) in [6, 6.07) is 8.54. The van der Waals surface area contributed by atoms with Crippen LogP contribution in [0.1, 0.15) is 30.7 Å². The molecular formula is C19H24N2O. The van der Waals surface area contributed by atoms with E-state index < -0.39 is 0 Å². The van der Waals surface area contributed by atoms with Crippen molar-refractivity contribution in [2.24, 2.45) is 16.8 Å². The summed E-state index contributed by atoms with van der Waals surface area (Å²) in [5.41, 5.74) is 2.23. The molecule has 2 bridgehead atoms. The Balaban J connectivity index is 1.57.